The molecule has 0 fully saturated rings. The fourth-order valence-corrected chi connectivity index (χ4v) is 7.64. The smallest absolute Gasteiger partial charge is 0.166 e. The second-order valence-corrected chi connectivity index (χ2v) is 11.8. The molecule has 6 aromatic carbocycles. The molecule has 0 amide bonds. The first-order chi connectivity index (χ1) is 19.6. The Morgan fingerprint density at radius 3 is 1.41 bits per heavy atom. The summed E-state index contributed by atoms with van der Waals surface area (Å²) in [6.07, 6.45) is -9.01. The maximum atomic E-state index is 13.4. The van der Waals surface area contributed by atoms with Crippen LogP contribution in [0.1, 0.15) is 11.1 Å². The molecule has 0 unspecified atom stereocenters. The molecule has 0 saturated carbocycles. The van der Waals surface area contributed by atoms with Gasteiger partial charge in [-0.1, -0.05) is 103 Å². The second-order valence-electron chi connectivity index (χ2n) is 9.63. The van der Waals surface area contributed by atoms with E-state index >= 15 is 0 Å². The van der Waals surface area contributed by atoms with Crippen molar-refractivity contribution in [3.8, 4) is 11.1 Å². The van der Waals surface area contributed by atoms with Gasteiger partial charge in [-0.25, -0.2) is 0 Å². The number of hydrogen-bond acceptors (Lipinski definition) is 0. The lowest BCUT2D eigenvalue weighted by atomic mass is 9.94. The van der Waals surface area contributed by atoms with Crippen molar-refractivity contribution in [2.45, 2.75) is 12.4 Å². The minimum atomic E-state index is -4.51. The van der Waals surface area contributed by atoms with Crippen LogP contribution < -0.4 is 15.9 Å². The summed E-state index contributed by atoms with van der Waals surface area (Å²) in [7, 11) is -1.55. The standard InChI is InChI=1S/C34H21F6P/c35-33(36,37)24-13-17-26(18-14-24)41(27-19-15-25(16-20-27)34(38,39)40)31-21-12-23-7-2-4-10-29(23)32(31)30-11-5-8-22-6-1-3-9-28(22)30/h1-21H. The van der Waals surface area contributed by atoms with E-state index in [1.165, 1.54) is 24.3 Å². The zero-order chi connectivity index (χ0) is 28.8. The van der Waals surface area contributed by atoms with Crippen LogP contribution in [0, 0.1) is 0 Å². The van der Waals surface area contributed by atoms with E-state index in [1.54, 1.807) is 0 Å². The van der Waals surface area contributed by atoms with Gasteiger partial charge in [0.1, 0.15) is 0 Å². The van der Waals surface area contributed by atoms with Crippen LogP contribution in [0.15, 0.2) is 127 Å². The maximum absolute atomic E-state index is 13.4. The first-order valence-electron chi connectivity index (χ1n) is 12.8. The summed E-state index contributed by atoms with van der Waals surface area (Å²) in [6.45, 7) is 0. The zero-order valence-electron chi connectivity index (χ0n) is 21.3. The molecule has 0 radical (unpaired) electrons. The monoisotopic (exact) mass is 574 g/mol. The summed E-state index contributed by atoms with van der Waals surface area (Å²) in [5.74, 6) is 0. The SMILES string of the molecule is FC(F)(F)c1ccc(P(c2ccc(C(F)(F)F)cc2)c2ccc3ccccc3c2-c2cccc3ccccc23)cc1. The molecule has 0 atom stereocenters. The van der Waals surface area contributed by atoms with Crippen LogP contribution in [0.3, 0.4) is 0 Å². The second kappa shape index (κ2) is 10.4. The lowest BCUT2D eigenvalue weighted by molar-refractivity contribution is -0.138. The largest absolute Gasteiger partial charge is 0.416 e. The van der Waals surface area contributed by atoms with Crippen molar-refractivity contribution in [2.24, 2.45) is 0 Å². The predicted molar refractivity (Wildman–Crippen MR) is 156 cm³/mol. The van der Waals surface area contributed by atoms with Crippen LogP contribution in [0.25, 0.3) is 32.7 Å². The van der Waals surface area contributed by atoms with Crippen molar-refractivity contribution in [2.75, 3.05) is 0 Å². The Bertz CT molecular complexity index is 1790. The van der Waals surface area contributed by atoms with E-state index in [-0.39, 0.29) is 0 Å². The van der Waals surface area contributed by atoms with Crippen LogP contribution in [0.5, 0.6) is 0 Å². The quantitative estimate of drug-likeness (QED) is 0.145. The van der Waals surface area contributed by atoms with Crippen molar-refractivity contribution in [1.29, 1.82) is 0 Å². The van der Waals surface area contributed by atoms with Gasteiger partial charge >= 0.3 is 12.4 Å². The number of halogens is 6. The molecule has 0 aromatic heterocycles. The highest BCUT2D eigenvalue weighted by Gasteiger charge is 2.32. The summed E-state index contributed by atoms with van der Waals surface area (Å²) in [5.41, 5.74) is 0.292. The van der Waals surface area contributed by atoms with Gasteiger partial charge in [-0.3, -0.25) is 0 Å². The molecule has 0 N–H and O–H groups in total. The highest BCUT2D eigenvalue weighted by Crippen LogP contribution is 2.43. The van der Waals surface area contributed by atoms with Gasteiger partial charge in [0, 0.05) is 0 Å². The van der Waals surface area contributed by atoms with Crippen LogP contribution in [-0.4, -0.2) is 0 Å². The van der Waals surface area contributed by atoms with Crippen molar-refractivity contribution >= 4 is 45.4 Å². The molecule has 6 aromatic rings. The van der Waals surface area contributed by atoms with Gasteiger partial charge < -0.3 is 0 Å². The Kier molecular flexibility index (Phi) is 6.83. The number of fused-ring (bicyclic) bond motifs is 2. The Labute approximate surface area is 233 Å². The molecular weight excluding hydrogens is 553 g/mol. The summed E-state index contributed by atoms with van der Waals surface area (Å²) >= 11 is 0. The van der Waals surface area contributed by atoms with Crippen LogP contribution in [-0.2, 0) is 12.4 Å². The molecule has 6 rings (SSSR count). The molecule has 0 aliphatic carbocycles. The van der Waals surface area contributed by atoms with Gasteiger partial charge in [0.25, 0.3) is 0 Å². The maximum Gasteiger partial charge on any atom is 0.416 e. The molecule has 0 heterocycles. The number of hydrogen-bond donors (Lipinski definition) is 0. The highest BCUT2D eigenvalue weighted by atomic mass is 31.1. The third-order valence-corrected chi connectivity index (χ3v) is 9.60. The van der Waals surface area contributed by atoms with E-state index in [2.05, 4.69) is 0 Å². The molecule has 0 nitrogen and oxygen atoms in total. The zero-order valence-corrected chi connectivity index (χ0v) is 22.2. The highest BCUT2D eigenvalue weighted by molar-refractivity contribution is 7.80. The van der Waals surface area contributed by atoms with E-state index in [4.69, 9.17) is 0 Å². The predicted octanol–water partition coefficient (Wildman–Crippen LogP) is 9.46. The normalized spacial score (nSPS) is 12.4. The Balaban J connectivity index is 1.66. The van der Waals surface area contributed by atoms with Crippen molar-refractivity contribution < 1.29 is 26.3 Å². The minimum absolute atomic E-state index is 0.601. The number of rotatable bonds is 4. The summed E-state index contributed by atoms with van der Waals surface area (Å²) in [4.78, 5) is 0. The van der Waals surface area contributed by atoms with E-state index in [9.17, 15) is 26.3 Å². The third-order valence-electron chi connectivity index (χ3n) is 7.11. The molecule has 7 heteroatoms. The van der Waals surface area contributed by atoms with Gasteiger partial charge in [0.15, 0.2) is 0 Å². The van der Waals surface area contributed by atoms with Gasteiger partial charge in [0.05, 0.1) is 11.1 Å². The van der Waals surface area contributed by atoms with Gasteiger partial charge in [-0.2, -0.15) is 26.3 Å². The van der Waals surface area contributed by atoms with Gasteiger partial charge in [-0.15, -0.1) is 0 Å². The Morgan fingerprint density at radius 2 is 0.878 bits per heavy atom. The molecule has 0 aliphatic rings. The summed E-state index contributed by atoms with van der Waals surface area (Å²) in [5, 5.41) is 6.00. The van der Waals surface area contributed by atoms with Crippen molar-refractivity contribution in [3.05, 3.63) is 139 Å². The van der Waals surface area contributed by atoms with E-state index in [0.717, 1.165) is 62.2 Å². The fourth-order valence-electron chi connectivity index (χ4n) is 5.20. The first kappa shape index (κ1) is 27.0. The topological polar surface area (TPSA) is 0 Å². The van der Waals surface area contributed by atoms with Gasteiger partial charge in [-0.05, 0) is 80.8 Å². The molecule has 0 saturated heterocycles. The molecule has 41 heavy (non-hydrogen) atoms. The van der Waals surface area contributed by atoms with E-state index in [0.29, 0.717) is 10.6 Å². The fraction of sp³-hybridized carbons (Fsp3) is 0.0588. The molecule has 0 bridgehead atoms. The molecule has 0 spiro atoms. The lowest BCUT2D eigenvalue weighted by Crippen LogP contribution is -2.23. The average Bonchev–Trinajstić information content (AvgIpc) is 2.96. The average molecular weight is 575 g/mol. The molecule has 0 aliphatic heterocycles. The summed E-state index contributed by atoms with van der Waals surface area (Å²) in [6, 6.07) is 35.6. The van der Waals surface area contributed by atoms with Crippen molar-refractivity contribution in [3.63, 3.8) is 0 Å². The van der Waals surface area contributed by atoms with E-state index < -0.39 is 31.4 Å². The number of benzene rings is 6. The van der Waals surface area contributed by atoms with Crippen LogP contribution >= 0.6 is 7.92 Å². The Hall–Kier alpha value is -4.15. The third kappa shape index (κ3) is 5.20. The Morgan fingerprint density at radius 1 is 0.415 bits per heavy atom. The van der Waals surface area contributed by atoms with Crippen LogP contribution in [0.2, 0.25) is 0 Å². The van der Waals surface area contributed by atoms with Crippen molar-refractivity contribution in [1.82, 2.24) is 0 Å². The minimum Gasteiger partial charge on any atom is -0.166 e. The molecular formula is C34H21F6P. The first-order valence-corrected chi connectivity index (χ1v) is 14.1. The van der Waals surface area contributed by atoms with E-state index in [1.807, 2.05) is 78.9 Å². The summed E-state index contributed by atoms with van der Waals surface area (Å²) < 4.78 is 80.6. The van der Waals surface area contributed by atoms with Crippen LogP contribution in [0.4, 0.5) is 26.3 Å². The number of alkyl halides is 6. The lowest BCUT2D eigenvalue weighted by Gasteiger charge is -2.25. The molecule has 204 valence electrons. The van der Waals surface area contributed by atoms with Gasteiger partial charge in [0.2, 0.25) is 0 Å².